The van der Waals surface area contributed by atoms with Crippen molar-refractivity contribution >= 4 is 11.6 Å². The highest BCUT2D eigenvalue weighted by Crippen LogP contribution is 2.28. The van der Waals surface area contributed by atoms with E-state index in [1.165, 1.54) is 10.8 Å². The van der Waals surface area contributed by atoms with Gasteiger partial charge in [0.25, 0.3) is 5.88 Å². The van der Waals surface area contributed by atoms with E-state index in [2.05, 4.69) is 4.98 Å². The number of nitrogens with zero attached hydrogens (tertiary/aromatic N) is 2. The van der Waals surface area contributed by atoms with Crippen LogP contribution in [-0.4, -0.2) is 30.4 Å². The Labute approximate surface area is 161 Å². The number of ether oxygens (including phenoxy) is 3. The van der Waals surface area contributed by atoms with Crippen molar-refractivity contribution < 1.29 is 14.2 Å². The van der Waals surface area contributed by atoms with E-state index >= 15 is 0 Å². The Balaban J connectivity index is 1.77. The molecule has 0 fully saturated rings. The fraction of sp³-hybridized carbons (Fsp3) is 0.200. The fourth-order valence-corrected chi connectivity index (χ4v) is 2.71. The minimum atomic E-state index is -0.346. The Bertz CT molecular complexity index is 970. The molecule has 1 heterocycles. The van der Waals surface area contributed by atoms with Crippen LogP contribution in [0.15, 0.2) is 59.7 Å². The van der Waals surface area contributed by atoms with Gasteiger partial charge in [-0.1, -0.05) is 23.7 Å². The van der Waals surface area contributed by atoms with Crippen molar-refractivity contribution in [3.05, 3.63) is 75.8 Å². The van der Waals surface area contributed by atoms with E-state index in [0.717, 1.165) is 5.56 Å². The SMILES string of the molecule is COc1ccc(-n2ccnc(OCCc3ccc(Cl)cc3)c2=O)cc1OC. The Hall–Kier alpha value is -2.99. The first kappa shape index (κ1) is 18.8. The van der Waals surface area contributed by atoms with Crippen molar-refractivity contribution in [2.24, 2.45) is 0 Å². The minimum Gasteiger partial charge on any atom is -0.493 e. The van der Waals surface area contributed by atoms with Gasteiger partial charge in [-0.05, 0) is 29.8 Å². The average molecular weight is 387 g/mol. The molecule has 0 N–H and O–H groups in total. The number of hydrogen-bond acceptors (Lipinski definition) is 5. The molecule has 0 atom stereocenters. The average Bonchev–Trinajstić information content (AvgIpc) is 2.70. The second-order valence-electron chi connectivity index (χ2n) is 5.67. The Morgan fingerprint density at radius 2 is 1.78 bits per heavy atom. The molecule has 0 amide bonds. The van der Waals surface area contributed by atoms with E-state index in [1.807, 2.05) is 24.3 Å². The van der Waals surface area contributed by atoms with Gasteiger partial charge < -0.3 is 14.2 Å². The molecule has 3 aromatic rings. The van der Waals surface area contributed by atoms with Gasteiger partial charge in [0.05, 0.1) is 26.5 Å². The van der Waals surface area contributed by atoms with Gasteiger partial charge in [0.15, 0.2) is 11.5 Å². The van der Waals surface area contributed by atoms with Crippen LogP contribution in [0, 0.1) is 0 Å². The molecule has 27 heavy (non-hydrogen) atoms. The summed E-state index contributed by atoms with van der Waals surface area (Å²) in [6.07, 6.45) is 3.74. The van der Waals surface area contributed by atoms with Crippen LogP contribution in [-0.2, 0) is 6.42 Å². The fourth-order valence-electron chi connectivity index (χ4n) is 2.59. The van der Waals surface area contributed by atoms with Gasteiger partial charge in [-0.3, -0.25) is 9.36 Å². The van der Waals surface area contributed by atoms with E-state index in [0.29, 0.717) is 35.2 Å². The van der Waals surface area contributed by atoms with Crippen LogP contribution in [0.4, 0.5) is 0 Å². The van der Waals surface area contributed by atoms with Crippen molar-refractivity contribution in [2.75, 3.05) is 20.8 Å². The second kappa shape index (κ2) is 8.60. The lowest BCUT2D eigenvalue weighted by Crippen LogP contribution is -2.22. The summed E-state index contributed by atoms with van der Waals surface area (Å²) >= 11 is 5.88. The lowest BCUT2D eigenvalue weighted by atomic mass is 10.2. The summed E-state index contributed by atoms with van der Waals surface area (Å²) < 4.78 is 17.6. The lowest BCUT2D eigenvalue weighted by Gasteiger charge is -2.12. The summed E-state index contributed by atoms with van der Waals surface area (Å²) in [4.78, 5) is 16.7. The number of halogens is 1. The van der Waals surface area contributed by atoms with Crippen LogP contribution in [0.1, 0.15) is 5.56 Å². The summed E-state index contributed by atoms with van der Waals surface area (Å²) in [7, 11) is 3.10. The first-order valence-corrected chi connectivity index (χ1v) is 8.67. The molecule has 0 radical (unpaired) electrons. The van der Waals surface area contributed by atoms with Crippen LogP contribution in [0.5, 0.6) is 17.4 Å². The highest BCUT2D eigenvalue weighted by Gasteiger charge is 2.11. The molecule has 0 saturated heterocycles. The zero-order valence-corrected chi connectivity index (χ0v) is 15.8. The molecule has 0 bridgehead atoms. The first-order valence-electron chi connectivity index (χ1n) is 8.29. The van der Waals surface area contributed by atoms with E-state index < -0.39 is 0 Å². The molecule has 0 saturated carbocycles. The van der Waals surface area contributed by atoms with Crippen LogP contribution in [0.3, 0.4) is 0 Å². The smallest absolute Gasteiger partial charge is 0.317 e. The topological polar surface area (TPSA) is 62.6 Å². The van der Waals surface area contributed by atoms with Crippen LogP contribution < -0.4 is 19.8 Å². The number of methoxy groups -OCH3 is 2. The standard InChI is InChI=1S/C20H19ClN2O4/c1-25-17-8-7-16(13-18(17)26-2)23-11-10-22-19(20(23)24)27-12-9-14-3-5-15(21)6-4-14/h3-8,10-11,13H,9,12H2,1-2H3. The molecule has 6 nitrogen and oxygen atoms in total. The monoisotopic (exact) mass is 386 g/mol. The maximum atomic E-state index is 12.7. The summed E-state index contributed by atoms with van der Waals surface area (Å²) in [5.74, 6) is 1.16. The zero-order chi connectivity index (χ0) is 19.2. The van der Waals surface area contributed by atoms with E-state index in [4.69, 9.17) is 25.8 Å². The summed E-state index contributed by atoms with van der Waals surface area (Å²) in [6.45, 7) is 0.333. The van der Waals surface area contributed by atoms with Gasteiger partial charge in [-0.25, -0.2) is 4.98 Å². The number of aromatic nitrogens is 2. The van der Waals surface area contributed by atoms with Crippen LogP contribution >= 0.6 is 11.6 Å². The van der Waals surface area contributed by atoms with Gasteiger partial charge in [0.1, 0.15) is 0 Å². The molecular weight excluding hydrogens is 368 g/mol. The first-order chi connectivity index (χ1) is 13.1. The zero-order valence-electron chi connectivity index (χ0n) is 15.0. The van der Waals surface area contributed by atoms with Crippen molar-refractivity contribution in [1.82, 2.24) is 9.55 Å². The van der Waals surface area contributed by atoms with E-state index in [1.54, 1.807) is 38.6 Å². The highest BCUT2D eigenvalue weighted by atomic mass is 35.5. The van der Waals surface area contributed by atoms with Crippen molar-refractivity contribution in [1.29, 1.82) is 0 Å². The van der Waals surface area contributed by atoms with E-state index in [-0.39, 0.29) is 11.4 Å². The third-order valence-corrected chi connectivity index (χ3v) is 4.25. The molecule has 0 aliphatic rings. The number of rotatable bonds is 7. The van der Waals surface area contributed by atoms with E-state index in [9.17, 15) is 4.79 Å². The number of hydrogen-bond donors (Lipinski definition) is 0. The quantitative estimate of drug-likeness (QED) is 0.621. The van der Waals surface area contributed by atoms with Crippen molar-refractivity contribution in [2.45, 2.75) is 6.42 Å². The molecule has 7 heteroatoms. The van der Waals surface area contributed by atoms with Crippen molar-refractivity contribution in [3.8, 4) is 23.1 Å². The molecular formula is C20H19ClN2O4. The molecule has 0 unspecified atom stereocenters. The third kappa shape index (κ3) is 4.41. The lowest BCUT2D eigenvalue weighted by molar-refractivity contribution is 0.303. The summed E-state index contributed by atoms with van der Waals surface area (Å²) in [6, 6.07) is 12.7. The maximum Gasteiger partial charge on any atom is 0.317 e. The molecule has 3 rings (SSSR count). The predicted molar refractivity (Wildman–Crippen MR) is 104 cm³/mol. The minimum absolute atomic E-state index is 0.0428. The van der Waals surface area contributed by atoms with Gasteiger partial charge in [0, 0.05) is 29.9 Å². The number of benzene rings is 2. The largest absolute Gasteiger partial charge is 0.493 e. The summed E-state index contributed by atoms with van der Waals surface area (Å²) in [5, 5.41) is 0.683. The summed E-state index contributed by atoms with van der Waals surface area (Å²) in [5.41, 5.74) is 1.35. The Kier molecular flexibility index (Phi) is 5.98. The molecule has 0 aliphatic heterocycles. The normalized spacial score (nSPS) is 10.5. The van der Waals surface area contributed by atoms with Gasteiger partial charge in [-0.15, -0.1) is 0 Å². The molecule has 2 aromatic carbocycles. The van der Waals surface area contributed by atoms with Crippen molar-refractivity contribution in [3.63, 3.8) is 0 Å². The van der Waals surface area contributed by atoms with Gasteiger partial charge in [0.2, 0.25) is 0 Å². The van der Waals surface area contributed by atoms with Crippen LogP contribution in [0.25, 0.3) is 5.69 Å². The molecule has 0 aliphatic carbocycles. The van der Waals surface area contributed by atoms with Gasteiger partial charge >= 0.3 is 5.56 Å². The molecule has 140 valence electrons. The van der Waals surface area contributed by atoms with Gasteiger partial charge in [-0.2, -0.15) is 0 Å². The second-order valence-corrected chi connectivity index (χ2v) is 6.11. The highest BCUT2D eigenvalue weighted by molar-refractivity contribution is 6.30. The third-order valence-electron chi connectivity index (χ3n) is 4.00. The maximum absolute atomic E-state index is 12.7. The molecule has 0 spiro atoms. The Morgan fingerprint density at radius 1 is 1.04 bits per heavy atom. The predicted octanol–water partition coefficient (Wildman–Crippen LogP) is 3.52. The van der Waals surface area contributed by atoms with Crippen LogP contribution in [0.2, 0.25) is 5.02 Å². The molecule has 1 aromatic heterocycles. The Morgan fingerprint density at radius 3 is 2.48 bits per heavy atom.